The van der Waals surface area contributed by atoms with Gasteiger partial charge in [-0.15, -0.1) is 0 Å². The van der Waals surface area contributed by atoms with E-state index >= 15 is 0 Å². The molecule has 0 fully saturated rings. The molecule has 0 unspecified atom stereocenters. The zero-order valence-corrected chi connectivity index (χ0v) is 17.9. The number of para-hydroxylation sites is 1. The Morgan fingerprint density at radius 2 is 1.40 bits per heavy atom. The lowest BCUT2D eigenvalue weighted by atomic mass is 10.2. The van der Waals surface area contributed by atoms with Gasteiger partial charge in [0.05, 0.1) is 20.4 Å². The quantitative estimate of drug-likeness (QED) is 0.648. The molecule has 0 radical (unpaired) electrons. The van der Waals surface area contributed by atoms with Gasteiger partial charge in [0.1, 0.15) is 0 Å². The molecule has 0 aromatic heterocycles. The highest BCUT2D eigenvalue weighted by atomic mass is 32.2. The van der Waals surface area contributed by atoms with Gasteiger partial charge < -0.3 is 5.73 Å². The highest BCUT2D eigenvalue weighted by molar-refractivity contribution is 7.94. The number of nitrogens with two attached hydrogens (primary N) is 1. The molecule has 0 aliphatic heterocycles. The molecule has 3 rings (SSSR count). The van der Waals surface area contributed by atoms with Crippen molar-refractivity contribution < 1.29 is 21.6 Å². The third kappa shape index (κ3) is 3.94. The standard InChI is InChI=1S/C21H20N2O5S2/c1-15-10-12-17(13-11-15)30(27,28)23(21(22)24)19-8-3-4-9-20(19)29(25,26)18-7-5-6-16(2)14-18/h3-14H,1-2H3,(H2,22,24). The van der Waals surface area contributed by atoms with Gasteiger partial charge in [-0.3, -0.25) is 0 Å². The van der Waals surface area contributed by atoms with Gasteiger partial charge >= 0.3 is 6.03 Å². The highest BCUT2D eigenvalue weighted by Crippen LogP contribution is 2.33. The van der Waals surface area contributed by atoms with Gasteiger partial charge in [-0.1, -0.05) is 42.0 Å². The van der Waals surface area contributed by atoms with Gasteiger partial charge in [0, 0.05) is 0 Å². The average Bonchev–Trinajstić information content (AvgIpc) is 2.68. The van der Waals surface area contributed by atoms with E-state index in [4.69, 9.17) is 5.73 Å². The van der Waals surface area contributed by atoms with Gasteiger partial charge in [0.25, 0.3) is 10.0 Å². The Hall–Kier alpha value is -3.17. The molecule has 0 saturated heterocycles. The van der Waals surface area contributed by atoms with Crippen molar-refractivity contribution in [3.05, 3.63) is 83.9 Å². The Kier molecular flexibility index (Phi) is 5.69. The van der Waals surface area contributed by atoms with Crippen molar-refractivity contribution in [2.24, 2.45) is 5.73 Å². The molecule has 156 valence electrons. The van der Waals surface area contributed by atoms with Crippen LogP contribution < -0.4 is 10.0 Å². The third-order valence-corrected chi connectivity index (χ3v) is 7.96. The number of primary amides is 1. The summed E-state index contributed by atoms with van der Waals surface area (Å²) in [5.41, 5.74) is 6.61. The summed E-state index contributed by atoms with van der Waals surface area (Å²) in [5, 5.41) is 0. The minimum Gasteiger partial charge on any atom is -0.350 e. The summed E-state index contributed by atoms with van der Waals surface area (Å²) >= 11 is 0. The Bertz CT molecular complexity index is 1320. The fourth-order valence-electron chi connectivity index (χ4n) is 2.94. The number of rotatable bonds is 5. The zero-order chi connectivity index (χ0) is 22.1. The van der Waals surface area contributed by atoms with Crippen LogP contribution in [0.5, 0.6) is 0 Å². The number of urea groups is 1. The Morgan fingerprint density at radius 3 is 2.00 bits per heavy atom. The molecular weight excluding hydrogens is 424 g/mol. The number of benzene rings is 3. The second-order valence-corrected chi connectivity index (χ2v) is 10.4. The van der Waals surface area contributed by atoms with Crippen LogP contribution in [0.2, 0.25) is 0 Å². The summed E-state index contributed by atoms with van der Waals surface area (Å²) in [6.45, 7) is 3.52. The van der Waals surface area contributed by atoms with Gasteiger partial charge in [0.15, 0.2) is 0 Å². The summed E-state index contributed by atoms with van der Waals surface area (Å²) in [6, 6.07) is 16.0. The van der Waals surface area contributed by atoms with Crippen molar-refractivity contribution >= 4 is 31.6 Å². The SMILES string of the molecule is Cc1ccc(S(=O)(=O)N(C(N)=O)c2ccccc2S(=O)(=O)c2cccc(C)c2)cc1. The summed E-state index contributed by atoms with van der Waals surface area (Å²) in [5.74, 6) is 0. The largest absolute Gasteiger partial charge is 0.350 e. The molecule has 0 saturated carbocycles. The normalized spacial score (nSPS) is 11.8. The van der Waals surface area contributed by atoms with E-state index in [9.17, 15) is 21.6 Å². The minimum absolute atomic E-state index is 0.0212. The summed E-state index contributed by atoms with van der Waals surface area (Å²) in [6.07, 6.45) is 0. The second kappa shape index (κ2) is 7.92. The first-order chi connectivity index (χ1) is 14.0. The first kappa shape index (κ1) is 21.5. The van der Waals surface area contributed by atoms with Crippen LogP contribution in [0.25, 0.3) is 0 Å². The topological polar surface area (TPSA) is 115 Å². The minimum atomic E-state index is -4.45. The van der Waals surface area contributed by atoms with Crippen LogP contribution in [0.4, 0.5) is 10.5 Å². The summed E-state index contributed by atoms with van der Waals surface area (Å²) < 4.78 is 53.2. The number of sulfonamides is 1. The fraction of sp³-hybridized carbons (Fsp3) is 0.0952. The Morgan fingerprint density at radius 1 is 0.767 bits per heavy atom. The van der Waals surface area contributed by atoms with E-state index in [0.717, 1.165) is 5.56 Å². The third-order valence-electron chi connectivity index (χ3n) is 4.43. The van der Waals surface area contributed by atoms with Gasteiger partial charge in [-0.25, -0.2) is 21.6 Å². The number of nitrogens with zero attached hydrogens (tertiary/aromatic N) is 1. The lowest BCUT2D eigenvalue weighted by Crippen LogP contribution is -2.41. The van der Waals surface area contributed by atoms with Crippen molar-refractivity contribution in [1.82, 2.24) is 0 Å². The van der Waals surface area contributed by atoms with Crippen molar-refractivity contribution in [3.63, 3.8) is 0 Å². The van der Waals surface area contributed by atoms with Crippen LogP contribution in [0.3, 0.4) is 0 Å². The molecule has 2 amide bonds. The van der Waals surface area contributed by atoms with E-state index < -0.39 is 25.9 Å². The van der Waals surface area contributed by atoms with E-state index in [2.05, 4.69) is 0 Å². The van der Waals surface area contributed by atoms with Crippen LogP contribution in [-0.4, -0.2) is 22.9 Å². The molecule has 7 nitrogen and oxygen atoms in total. The lowest BCUT2D eigenvalue weighted by Gasteiger charge is -2.23. The van der Waals surface area contributed by atoms with Crippen molar-refractivity contribution in [2.75, 3.05) is 4.31 Å². The Labute approximate surface area is 175 Å². The number of aryl methyl sites for hydroxylation is 2. The maximum atomic E-state index is 13.3. The van der Waals surface area contributed by atoms with Crippen LogP contribution in [0, 0.1) is 13.8 Å². The fourth-order valence-corrected chi connectivity index (χ4v) is 5.89. The van der Waals surface area contributed by atoms with Crippen molar-refractivity contribution in [3.8, 4) is 0 Å². The molecule has 2 N–H and O–H groups in total. The van der Waals surface area contributed by atoms with Gasteiger partial charge in [-0.05, 0) is 55.8 Å². The van der Waals surface area contributed by atoms with Crippen LogP contribution in [-0.2, 0) is 19.9 Å². The first-order valence-electron chi connectivity index (χ1n) is 8.87. The molecule has 0 spiro atoms. The van der Waals surface area contributed by atoms with Crippen molar-refractivity contribution in [1.29, 1.82) is 0 Å². The number of anilines is 1. The molecule has 3 aromatic carbocycles. The molecule has 0 aliphatic rings. The molecular formula is C21H20N2O5S2. The zero-order valence-electron chi connectivity index (χ0n) is 16.3. The lowest BCUT2D eigenvalue weighted by molar-refractivity contribution is 0.257. The van der Waals surface area contributed by atoms with E-state index in [1.807, 2.05) is 0 Å². The molecule has 0 aliphatic carbocycles. The predicted molar refractivity (Wildman–Crippen MR) is 114 cm³/mol. The maximum absolute atomic E-state index is 13.3. The second-order valence-electron chi connectivity index (χ2n) is 6.71. The number of hydrogen-bond donors (Lipinski definition) is 1. The van der Waals surface area contributed by atoms with E-state index in [1.54, 1.807) is 38.1 Å². The number of hydrogen-bond acceptors (Lipinski definition) is 5. The molecule has 0 atom stereocenters. The molecule has 0 heterocycles. The average molecular weight is 445 g/mol. The Balaban J connectivity index is 2.24. The number of amides is 2. The molecule has 30 heavy (non-hydrogen) atoms. The van der Waals surface area contributed by atoms with Crippen LogP contribution >= 0.6 is 0 Å². The van der Waals surface area contributed by atoms with Crippen LogP contribution in [0.1, 0.15) is 11.1 Å². The molecule has 0 bridgehead atoms. The van der Waals surface area contributed by atoms with E-state index in [-0.39, 0.29) is 20.4 Å². The van der Waals surface area contributed by atoms with Crippen molar-refractivity contribution in [2.45, 2.75) is 28.5 Å². The molecule has 9 heteroatoms. The number of carbonyl (C=O) groups excluding carboxylic acids is 1. The van der Waals surface area contributed by atoms with E-state index in [1.165, 1.54) is 48.5 Å². The van der Waals surface area contributed by atoms with Gasteiger partial charge in [0.2, 0.25) is 9.84 Å². The van der Waals surface area contributed by atoms with E-state index in [0.29, 0.717) is 9.87 Å². The maximum Gasteiger partial charge on any atom is 0.333 e. The number of carbonyl (C=O) groups is 1. The predicted octanol–water partition coefficient (Wildman–Crippen LogP) is 3.41. The monoisotopic (exact) mass is 444 g/mol. The smallest absolute Gasteiger partial charge is 0.333 e. The van der Waals surface area contributed by atoms with Gasteiger partial charge in [-0.2, -0.15) is 4.31 Å². The summed E-state index contributed by atoms with van der Waals surface area (Å²) in [7, 11) is -8.58. The first-order valence-corrected chi connectivity index (χ1v) is 11.8. The molecule has 3 aromatic rings. The van der Waals surface area contributed by atoms with Crippen LogP contribution in [0.15, 0.2) is 87.5 Å². The summed E-state index contributed by atoms with van der Waals surface area (Å²) in [4.78, 5) is 11.7. The number of sulfone groups is 1. The highest BCUT2D eigenvalue weighted by Gasteiger charge is 2.34.